The van der Waals surface area contributed by atoms with Crippen LogP contribution in [0.2, 0.25) is 0 Å². The SMILES string of the molecule is Cc1ccc(Nc2c([N+](=O)[O-])cc([N+](=O)[O-])c3ccccc23)c(C)c1. The van der Waals surface area contributed by atoms with Crippen LogP contribution in [-0.4, -0.2) is 9.85 Å². The first-order valence-electron chi connectivity index (χ1n) is 7.57. The van der Waals surface area contributed by atoms with Gasteiger partial charge in [-0.2, -0.15) is 0 Å². The fraction of sp³-hybridized carbons (Fsp3) is 0.111. The largest absolute Gasteiger partial charge is 0.349 e. The lowest BCUT2D eigenvalue weighted by Crippen LogP contribution is -2.02. The maximum atomic E-state index is 11.5. The average molecular weight is 337 g/mol. The van der Waals surface area contributed by atoms with E-state index in [0.29, 0.717) is 16.5 Å². The summed E-state index contributed by atoms with van der Waals surface area (Å²) >= 11 is 0. The minimum atomic E-state index is -0.606. The molecule has 7 nitrogen and oxygen atoms in total. The summed E-state index contributed by atoms with van der Waals surface area (Å²) in [6.45, 7) is 3.86. The van der Waals surface area contributed by atoms with E-state index >= 15 is 0 Å². The number of anilines is 2. The Morgan fingerprint density at radius 3 is 2.08 bits per heavy atom. The van der Waals surface area contributed by atoms with Crippen molar-refractivity contribution >= 4 is 33.5 Å². The molecule has 0 saturated carbocycles. The van der Waals surface area contributed by atoms with Crippen LogP contribution in [0.4, 0.5) is 22.7 Å². The van der Waals surface area contributed by atoms with Crippen LogP contribution in [0.25, 0.3) is 10.8 Å². The van der Waals surface area contributed by atoms with Crippen LogP contribution >= 0.6 is 0 Å². The highest BCUT2D eigenvalue weighted by Crippen LogP contribution is 2.41. The summed E-state index contributed by atoms with van der Waals surface area (Å²) in [7, 11) is 0. The second kappa shape index (κ2) is 6.20. The summed E-state index contributed by atoms with van der Waals surface area (Å²) in [5, 5.41) is 26.7. The van der Waals surface area contributed by atoms with Gasteiger partial charge in [-0.05, 0) is 31.5 Å². The smallest absolute Gasteiger partial charge is 0.300 e. The van der Waals surface area contributed by atoms with Crippen molar-refractivity contribution in [3.05, 3.63) is 79.9 Å². The molecule has 0 aliphatic rings. The second-order valence-electron chi connectivity index (χ2n) is 5.79. The topological polar surface area (TPSA) is 98.3 Å². The van der Waals surface area contributed by atoms with E-state index in [9.17, 15) is 20.2 Å². The fourth-order valence-electron chi connectivity index (χ4n) is 2.86. The number of benzene rings is 3. The Bertz CT molecular complexity index is 1010. The third kappa shape index (κ3) is 2.99. The first kappa shape index (κ1) is 16.4. The number of hydrogen-bond acceptors (Lipinski definition) is 5. The lowest BCUT2D eigenvalue weighted by Gasteiger charge is -2.13. The Morgan fingerprint density at radius 1 is 0.840 bits per heavy atom. The maximum Gasteiger partial charge on any atom is 0.300 e. The van der Waals surface area contributed by atoms with E-state index in [1.54, 1.807) is 24.3 Å². The highest BCUT2D eigenvalue weighted by molar-refractivity contribution is 6.05. The van der Waals surface area contributed by atoms with E-state index in [0.717, 1.165) is 17.2 Å². The standard InChI is InChI=1S/C18H15N3O4/c1-11-7-8-15(12(2)9-11)19-18-14-6-4-3-5-13(14)16(20(22)23)10-17(18)21(24)25/h3-10,19H,1-2H3. The van der Waals surface area contributed by atoms with Gasteiger partial charge in [-0.1, -0.05) is 35.9 Å². The number of non-ortho nitro benzene ring substituents is 1. The number of nitrogens with one attached hydrogen (secondary N) is 1. The van der Waals surface area contributed by atoms with Crippen LogP contribution in [0.3, 0.4) is 0 Å². The molecule has 0 heterocycles. The molecular weight excluding hydrogens is 322 g/mol. The Labute approximate surface area is 143 Å². The second-order valence-corrected chi connectivity index (χ2v) is 5.79. The summed E-state index contributed by atoms with van der Waals surface area (Å²) in [6, 6.07) is 13.3. The van der Waals surface area contributed by atoms with Crippen molar-refractivity contribution in [3.8, 4) is 0 Å². The number of nitro benzene ring substituents is 2. The van der Waals surface area contributed by atoms with Crippen molar-refractivity contribution in [2.24, 2.45) is 0 Å². The van der Waals surface area contributed by atoms with Gasteiger partial charge in [0.05, 0.1) is 21.3 Å². The van der Waals surface area contributed by atoms with Gasteiger partial charge in [0.15, 0.2) is 0 Å². The molecule has 1 N–H and O–H groups in total. The number of nitrogens with zero attached hydrogens (tertiary/aromatic N) is 2. The normalized spacial score (nSPS) is 10.6. The highest BCUT2D eigenvalue weighted by atomic mass is 16.6. The first-order valence-corrected chi connectivity index (χ1v) is 7.57. The Kier molecular flexibility index (Phi) is 4.06. The predicted octanol–water partition coefficient (Wildman–Crippen LogP) is 5.02. The molecule has 0 fully saturated rings. The van der Waals surface area contributed by atoms with Crippen molar-refractivity contribution in [1.82, 2.24) is 0 Å². The zero-order valence-corrected chi connectivity index (χ0v) is 13.6. The Balaban J connectivity index is 2.29. The summed E-state index contributed by atoms with van der Waals surface area (Å²) in [5.41, 5.74) is 2.35. The van der Waals surface area contributed by atoms with Crippen LogP contribution in [0.5, 0.6) is 0 Å². The van der Waals surface area contributed by atoms with E-state index in [4.69, 9.17) is 0 Å². The highest BCUT2D eigenvalue weighted by Gasteiger charge is 2.25. The lowest BCUT2D eigenvalue weighted by atomic mass is 10.0. The van der Waals surface area contributed by atoms with E-state index in [1.807, 2.05) is 32.0 Å². The zero-order chi connectivity index (χ0) is 18.1. The van der Waals surface area contributed by atoms with Crippen LogP contribution in [0.1, 0.15) is 11.1 Å². The zero-order valence-electron chi connectivity index (χ0n) is 13.6. The van der Waals surface area contributed by atoms with Gasteiger partial charge >= 0.3 is 0 Å². The Hall–Kier alpha value is -3.48. The lowest BCUT2D eigenvalue weighted by molar-refractivity contribution is -0.392. The van der Waals surface area contributed by atoms with Crippen LogP contribution in [0.15, 0.2) is 48.5 Å². The van der Waals surface area contributed by atoms with E-state index < -0.39 is 9.85 Å². The molecule has 0 radical (unpaired) electrons. The van der Waals surface area contributed by atoms with Crippen molar-refractivity contribution in [3.63, 3.8) is 0 Å². The number of fused-ring (bicyclic) bond motifs is 1. The van der Waals surface area contributed by atoms with Crippen molar-refractivity contribution in [2.45, 2.75) is 13.8 Å². The summed E-state index contributed by atoms with van der Waals surface area (Å²) in [6.07, 6.45) is 0. The summed E-state index contributed by atoms with van der Waals surface area (Å²) < 4.78 is 0. The van der Waals surface area contributed by atoms with Gasteiger partial charge in [0.25, 0.3) is 11.4 Å². The molecule has 0 spiro atoms. The molecule has 0 aliphatic carbocycles. The Morgan fingerprint density at radius 2 is 1.48 bits per heavy atom. The molecular formula is C18H15N3O4. The van der Waals surface area contributed by atoms with Gasteiger partial charge in [0.2, 0.25) is 0 Å². The molecule has 3 aromatic carbocycles. The molecule has 3 aromatic rings. The number of nitro groups is 2. The fourth-order valence-corrected chi connectivity index (χ4v) is 2.86. The van der Waals surface area contributed by atoms with Gasteiger partial charge < -0.3 is 5.32 Å². The summed E-state index contributed by atoms with van der Waals surface area (Å²) in [5.74, 6) is 0. The maximum absolute atomic E-state index is 11.5. The molecule has 3 rings (SSSR count). The van der Waals surface area contributed by atoms with Gasteiger partial charge in [0, 0.05) is 11.1 Å². The molecule has 0 amide bonds. The molecule has 0 saturated heterocycles. The summed E-state index contributed by atoms with van der Waals surface area (Å²) in [4.78, 5) is 21.6. The van der Waals surface area contributed by atoms with Crippen LogP contribution in [-0.2, 0) is 0 Å². The van der Waals surface area contributed by atoms with Gasteiger partial charge in [0.1, 0.15) is 5.69 Å². The average Bonchev–Trinajstić information content (AvgIpc) is 2.56. The molecule has 0 bridgehead atoms. The molecule has 0 atom stereocenters. The van der Waals surface area contributed by atoms with Crippen molar-refractivity contribution in [2.75, 3.05) is 5.32 Å². The third-order valence-corrected chi connectivity index (χ3v) is 4.04. The molecule has 25 heavy (non-hydrogen) atoms. The minimum Gasteiger partial charge on any atom is -0.349 e. The molecule has 126 valence electrons. The first-order chi connectivity index (χ1) is 11.9. The van der Waals surface area contributed by atoms with Crippen molar-refractivity contribution < 1.29 is 9.85 Å². The monoisotopic (exact) mass is 337 g/mol. The molecule has 0 aliphatic heterocycles. The van der Waals surface area contributed by atoms with E-state index in [-0.39, 0.29) is 17.1 Å². The van der Waals surface area contributed by atoms with E-state index in [2.05, 4.69) is 5.32 Å². The number of aryl methyl sites for hydroxylation is 2. The van der Waals surface area contributed by atoms with Crippen LogP contribution in [0, 0.1) is 34.1 Å². The van der Waals surface area contributed by atoms with E-state index in [1.165, 1.54) is 0 Å². The van der Waals surface area contributed by atoms with Crippen molar-refractivity contribution in [1.29, 1.82) is 0 Å². The minimum absolute atomic E-state index is 0.248. The quantitative estimate of drug-likeness (QED) is 0.532. The van der Waals surface area contributed by atoms with Gasteiger partial charge in [-0.3, -0.25) is 20.2 Å². The van der Waals surface area contributed by atoms with Gasteiger partial charge in [-0.15, -0.1) is 0 Å². The molecule has 0 aromatic heterocycles. The third-order valence-electron chi connectivity index (χ3n) is 4.04. The predicted molar refractivity (Wildman–Crippen MR) is 96.5 cm³/mol. The number of rotatable bonds is 4. The molecule has 7 heteroatoms. The molecule has 0 unspecified atom stereocenters. The van der Waals surface area contributed by atoms with Gasteiger partial charge in [-0.25, -0.2) is 0 Å². The van der Waals surface area contributed by atoms with Crippen LogP contribution < -0.4 is 5.32 Å². The number of hydrogen-bond donors (Lipinski definition) is 1.